The summed E-state index contributed by atoms with van der Waals surface area (Å²) in [5, 5.41) is 0. The third-order valence-electron chi connectivity index (χ3n) is 3.83. The average Bonchev–Trinajstić information content (AvgIpc) is 2.55. The summed E-state index contributed by atoms with van der Waals surface area (Å²) in [6, 6.07) is 9.21. The van der Waals surface area contributed by atoms with Crippen molar-refractivity contribution in [2.45, 2.75) is 12.5 Å². The molecule has 2 amide bonds. The largest absolute Gasteiger partial charge is 0.375 e. The van der Waals surface area contributed by atoms with Crippen LogP contribution >= 0.6 is 0 Å². The van der Waals surface area contributed by atoms with E-state index in [-0.39, 0.29) is 18.4 Å². The van der Waals surface area contributed by atoms with Crippen LogP contribution in [-0.2, 0) is 20.7 Å². The molecule has 6 nitrogen and oxygen atoms in total. The average molecular weight is 305 g/mol. The summed E-state index contributed by atoms with van der Waals surface area (Å²) in [7, 11) is 1.50. The third kappa shape index (κ3) is 4.29. The zero-order valence-electron chi connectivity index (χ0n) is 12.9. The highest BCUT2D eigenvalue weighted by molar-refractivity contribution is 5.82. The maximum atomic E-state index is 12.4. The second kappa shape index (κ2) is 7.91. The number of benzene rings is 1. The number of hydrogen-bond acceptors (Lipinski definition) is 4. The number of hydrogen-bond donors (Lipinski definition) is 1. The van der Waals surface area contributed by atoms with Crippen molar-refractivity contribution in [2.24, 2.45) is 5.73 Å². The molecule has 0 aliphatic carbocycles. The van der Waals surface area contributed by atoms with Crippen molar-refractivity contribution in [1.82, 2.24) is 9.80 Å². The molecule has 0 saturated carbocycles. The maximum absolute atomic E-state index is 12.4. The predicted octanol–water partition coefficient (Wildman–Crippen LogP) is -0.126. The van der Waals surface area contributed by atoms with Crippen LogP contribution < -0.4 is 5.73 Å². The van der Waals surface area contributed by atoms with E-state index in [4.69, 9.17) is 10.5 Å². The second-order valence-corrected chi connectivity index (χ2v) is 5.44. The van der Waals surface area contributed by atoms with Gasteiger partial charge in [0.1, 0.15) is 6.61 Å². The molecule has 1 aromatic rings. The lowest BCUT2D eigenvalue weighted by molar-refractivity contribution is -0.142. The SMILES string of the molecule is COCC(=O)N1CCN(C(=O)C(N)Cc2ccccc2)CC1. The highest BCUT2D eigenvalue weighted by Crippen LogP contribution is 2.08. The summed E-state index contributed by atoms with van der Waals surface area (Å²) >= 11 is 0. The van der Waals surface area contributed by atoms with Crippen molar-refractivity contribution in [3.8, 4) is 0 Å². The first-order valence-electron chi connectivity index (χ1n) is 7.47. The molecule has 6 heteroatoms. The highest BCUT2D eigenvalue weighted by Gasteiger charge is 2.27. The van der Waals surface area contributed by atoms with Crippen LogP contribution in [0.1, 0.15) is 5.56 Å². The minimum absolute atomic E-state index is 0.0387. The predicted molar refractivity (Wildman–Crippen MR) is 83.2 cm³/mol. The number of rotatable bonds is 5. The van der Waals surface area contributed by atoms with Crippen molar-refractivity contribution in [2.75, 3.05) is 39.9 Å². The molecule has 1 heterocycles. The molecule has 1 saturated heterocycles. The van der Waals surface area contributed by atoms with Crippen LogP contribution in [0.15, 0.2) is 30.3 Å². The van der Waals surface area contributed by atoms with Crippen molar-refractivity contribution >= 4 is 11.8 Å². The second-order valence-electron chi connectivity index (χ2n) is 5.44. The van der Waals surface area contributed by atoms with E-state index in [2.05, 4.69) is 0 Å². The number of nitrogens with zero attached hydrogens (tertiary/aromatic N) is 2. The van der Waals surface area contributed by atoms with Gasteiger partial charge < -0.3 is 20.3 Å². The molecule has 22 heavy (non-hydrogen) atoms. The Kier molecular flexibility index (Phi) is 5.91. The molecule has 1 aromatic carbocycles. The normalized spacial score (nSPS) is 16.5. The summed E-state index contributed by atoms with van der Waals surface area (Å²) in [6.45, 7) is 2.20. The monoisotopic (exact) mass is 305 g/mol. The van der Waals surface area contributed by atoms with Crippen LogP contribution in [0.4, 0.5) is 0 Å². The quantitative estimate of drug-likeness (QED) is 0.822. The molecule has 1 aliphatic rings. The molecule has 0 bridgehead atoms. The van der Waals surface area contributed by atoms with Crippen molar-refractivity contribution in [3.05, 3.63) is 35.9 Å². The van der Waals surface area contributed by atoms with E-state index < -0.39 is 6.04 Å². The Morgan fingerprint density at radius 1 is 1.14 bits per heavy atom. The number of nitrogens with two attached hydrogens (primary N) is 1. The van der Waals surface area contributed by atoms with Gasteiger partial charge in [-0.1, -0.05) is 30.3 Å². The van der Waals surface area contributed by atoms with Crippen LogP contribution in [0.25, 0.3) is 0 Å². The van der Waals surface area contributed by atoms with E-state index in [1.165, 1.54) is 7.11 Å². The van der Waals surface area contributed by atoms with E-state index in [0.29, 0.717) is 32.6 Å². The van der Waals surface area contributed by atoms with Gasteiger partial charge in [0.25, 0.3) is 0 Å². The van der Waals surface area contributed by atoms with E-state index in [9.17, 15) is 9.59 Å². The fourth-order valence-electron chi connectivity index (χ4n) is 2.58. The number of methoxy groups -OCH3 is 1. The Morgan fingerprint density at radius 3 is 2.32 bits per heavy atom. The van der Waals surface area contributed by atoms with E-state index >= 15 is 0 Å². The summed E-state index contributed by atoms with van der Waals surface area (Å²) in [4.78, 5) is 27.6. The zero-order valence-corrected chi connectivity index (χ0v) is 12.9. The maximum Gasteiger partial charge on any atom is 0.248 e. The van der Waals surface area contributed by atoms with Gasteiger partial charge in [0.05, 0.1) is 6.04 Å². The van der Waals surface area contributed by atoms with Crippen LogP contribution in [-0.4, -0.2) is 67.6 Å². The first-order chi connectivity index (χ1) is 10.6. The zero-order chi connectivity index (χ0) is 15.9. The van der Waals surface area contributed by atoms with E-state index in [1.807, 2.05) is 30.3 Å². The lowest BCUT2D eigenvalue weighted by Gasteiger charge is -2.35. The van der Waals surface area contributed by atoms with Crippen LogP contribution in [0.5, 0.6) is 0 Å². The molecule has 1 aliphatic heterocycles. The molecule has 1 fully saturated rings. The van der Waals surface area contributed by atoms with E-state index in [0.717, 1.165) is 5.56 Å². The number of amides is 2. The fourth-order valence-corrected chi connectivity index (χ4v) is 2.58. The Balaban J connectivity index is 1.83. The summed E-state index contributed by atoms with van der Waals surface area (Å²) in [5.41, 5.74) is 7.08. The highest BCUT2D eigenvalue weighted by atomic mass is 16.5. The molecule has 1 atom stereocenters. The lowest BCUT2D eigenvalue weighted by atomic mass is 10.1. The van der Waals surface area contributed by atoms with Gasteiger partial charge in [-0.05, 0) is 12.0 Å². The molecular weight excluding hydrogens is 282 g/mol. The fraction of sp³-hybridized carbons (Fsp3) is 0.500. The van der Waals surface area contributed by atoms with Crippen LogP contribution in [0.2, 0.25) is 0 Å². The third-order valence-corrected chi connectivity index (χ3v) is 3.83. The number of carbonyl (C=O) groups excluding carboxylic acids is 2. The molecule has 0 spiro atoms. The Bertz CT molecular complexity index is 499. The van der Waals surface area contributed by atoms with Crippen LogP contribution in [0.3, 0.4) is 0 Å². The number of piperazine rings is 1. The van der Waals surface area contributed by atoms with Gasteiger partial charge in [-0.25, -0.2) is 0 Å². The number of carbonyl (C=O) groups is 2. The van der Waals surface area contributed by atoms with Crippen LogP contribution in [0, 0.1) is 0 Å². The standard InChI is InChI=1S/C16H23N3O3/c1-22-12-15(20)18-7-9-19(10-8-18)16(21)14(17)11-13-5-3-2-4-6-13/h2-6,14H,7-12,17H2,1H3. The van der Waals surface area contributed by atoms with Crippen molar-refractivity contribution < 1.29 is 14.3 Å². The Morgan fingerprint density at radius 2 is 1.73 bits per heavy atom. The molecule has 1 unspecified atom stereocenters. The first-order valence-corrected chi connectivity index (χ1v) is 7.47. The van der Waals surface area contributed by atoms with Crippen molar-refractivity contribution in [3.63, 3.8) is 0 Å². The number of ether oxygens (including phenoxy) is 1. The lowest BCUT2D eigenvalue weighted by Crippen LogP contribution is -2.55. The minimum Gasteiger partial charge on any atom is -0.375 e. The Hall–Kier alpha value is -1.92. The van der Waals surface area contributed by atoms with Crippen molar-refractivity contribution in [1.29, 1.82) is 0 Å². The minimum atomic E-state index is -0.538. The molecule has 2 rings (SSSR count). The topological polar surface area (TPSA) is 75.9 Å². The molecular formula is C16H23N3O3. The van der Waals surface area contributed by atoms with Gasteiger partial charge >= 0.3 is 0 Å². The van der Waals surface area contributed by atoms with Gasteiger partial charge in [0, 0.05) is 33.3 Å². The Labute approximate surface area is 130 Å². The van der Waals surface area contributed by atoms with Gasteiger partial charge in [0.15, 0.2) is 0 Å². The first kappa shape index (κ1) is 16.5. The van der Waals surface area contributed by atoms with Gasteiger partial charge in [0.2, 0.25) is 11.8 Å². The summed E-state index contributed by atoms with van der Waals surface area (Å²) < 4.78 is 4.84. The molecule has 120 valence electrons. The summed E-state index contributed by atoms with van der Waals surface area (Å²) in [6.07, 6.45) is 0.530. The van der Waals surface area contributed by atoms with Gasteiger partial charge in [-0.3, -0.25) is 9.59 Å². The molecule has 2 N–H and O–H groups in total. The van der Waals surface area contributed by atoms with Gasteiger partial charge in [-0.2, -0.15) is 0 Å². The molecule has 0 radical (unpaired) electrons. The van der Waals surface area contributed by atoms with Gasteiger partial charge in [-0.15, -0.1) is 0 Å². The smallest absolute Gasteiger partial charge is 0.248 e. The van der Waals surface area contributed by atoms with E-state index in [1.54, 1.807) is 9.80 Å². The molecule has 0 aromatic heterocycles. The summed E-state index contributed by atoms with van der Waals surface area (Å²) in [5.74, 6) is -0.0918.